The average molecular weight is 297 g/mol. The van der Waals surface area contributed by atoms with E-state index in [0.29, 0.717) is 17.1 Å². The fourth-order valence-electron chi connectivity index (χ4n) is 2.12. The number of anilines is 1. The first-order valence-corrected chi connectivity index (χ1v) is 6.78. The first-order valence-electron chi connectivity index (χ1n) is 6.78. The van der Waals surface area contributed by atoms with Crippen molar-refractivity contribution >= 4 is 17.8 Å². The molecule has 3 rings (SSSR count). The summed E-state index contributed by atoms with van der Waals surface area (Å²) in [4.78, 5) is 12.1. The standard InChI is InChI=1S/C16H15N3O3/c1-17-13-5-3-2-4-12(13)16(20)19-18-9-11-6-7-14-15(8-11)22-10-21-14/h2-9,17H,10H2,1H3,(H,19,20)/b18-9+. The molecule has 2 N–H and O–H groups in total. The van der Waals surface area contributed by atoms with Crippen molar-refractivity contribution in [1.82, 2.24) is 5.43 Å². The van der Waals surface area contributed by atoms with E-state index in [1.807, 2.05) is 24.3 Å². The highest BCUT2D eigenvalue weighted by Gasteiger charge is 2.12. The lowest BCUT2D eigenvalue weighted by Crippen LogP contribution is -2.18. The summed E-state index contributed by atoms with van der Waals surface area (Å²) in [6.45, 7) is 0.230. The molecule has 1 amide bonds. The highest BCUT2D eigenvalue weighted by Crippen LogP contribution is 2.31. The van der Waals surface area contributed by atoms with Gasteiger partial charge in [0.2, 0.25) is 6.79 Å². The molecule has 1 heterocycles. The van der Waals surface area contributed by atoms with Gasteiger partial charge in [0.15, 0.2) is 11.5 Å². The molecule has 0 atom stereocenters. The maximum absolute atomic E-state index is 12.1. The van der Waals surface area contributed by atoms with Gasteiger partial charge in [0.05, 0.1) is 11.8 Å². The van der Waals surface area contributed by atoms with Gasteiger partial charge in [0, 0.05) is 12.7 Å². The first-order chi connectivity index (χ1) is 10.8. The molecule has 0 radical (unpaired) electrons. The number of fused-ring (bicyclic) bond motifs is 1. The topological polar surface area (TPSA) is 72.0 Å². The molecular weight excluding hydrogens is 282 g/mol. The number of hydrazone groups is 1. The molecule has 2 aromatic rings. The van der Waals surface area contributed by atoms with E-state index in [0.717, 1.165) is 11.3 Å². The van der Waals surface area contributed by atoms with Crippen LogP contribution in [0.3, 0.4) is 0 Å². The van der Waals surface area contributed by atoms with Crippen LogP contribution in [-0.2, 0) is 0 Å². The number of nitrogens with zero attached hydrogens (tertiary/aromatic N) is 1. The zero-order valence-corrected chi connectivity index (χ0v) is 12.0. The molecule has 0 aromatic heterocycles. The lowest BCUT2D eigenvalue weighted by Gasteiger charge is -2.06. The minimum absolute atomic E-state index is 0.230. The summed E-state index contributed by atoms with van der Waals surface area (Å²) in [5, 5.41) is 6.94. The highest BCUT2D eigenvalue weighted by molar-refractivity contribution is 5.99. The van der Waals surface area contributed by atoms with E-state index in [1.54, 1.807) is 31.5 Å². The molecule has 0 saturated carbocycles. The number of ether oxygens (including phenoxy) is 2. The minimum Gasteiger partial charge on any atom is -0.454 e. The molecule has 112 valence electrons. The molecule has 0 saturated heterocycles. The van der Waals surface area contributed by atoms with Gasteiger partial charge >= 0.3 is 0 Å². The Labute approximate surface area is 127 Å². The number of amides is 1. The van der Waals surface area contributed by atoms with Crippen LogP contribution in [0, 0.1) is 0 Å². The molecule has 0 unspecified atom stereocenters. The number of hydrogen-bond acceptors (Lipinski definition) is 5. The van der Waals surface area contributed by atoms with E-state index in [2.05, 4.69) is 15.8 Å². The van der Waals surface area contributed by atoms with Crippen LogP contribution in [0.15, 0.2) is 47.6 Å². The third kappa shape index (κ3) is 2.85. The van der Waals surface area contributed by atoms with Crippen molar-refractivity contribution in [3.8, 4) is 11.5 Å². The molecule has 0 aliphatic carbocycles. The van der Waals surface area contributed by atoms with E-state index < -0.39 is 0 Å². The predicted molar refractivity (Wildman–Crippen MR) is 83.6 cm³/mol. The van der Waals surface area contributed by atoms with Gasteiger partial charge in [-0.3, -0.25) is 4.79 Å². The highest BCUT2D eigenvalue weighted by atomic mass is 16.7. The Bertz CT molecular complexity index is 728. The Kier molecular flexibility index (Phi) is 3.91. The molecule has 6 heteroatoms. The second kappa shape index (κ2) is 6.17. The van der Waals surface area contributed by atoms with Crippen LogP contribution in [0.25, 0.3) is 0 Å². The molecule has 22 heavy (non-hydrogen) atoms. The first kappa shape index (κ1) is 13.9. The van der Waals surface area contributed by atoms with E-state index in [1.165, 1.54) is 0 Å². The van der Waals surface area contributed by atoms with Crippen LogP contribution in [-0.4, -0.2) is 26.0 Å². The maximum Gasteiger partial charge on any atom is 0.273 e. The van der Waals surface area contributed by atoms with Gasteiger partial charge in [-0.1, -0.05) is 12.1 Å². The van der Waals surface area contributed by atoms with Crippen molar-refractivity contribution < 1.29 is 14.3 Å². The number of rotatable bonds is 4. The van der Waals surface area contributed by atoms with Gasteiger partial charge in [-0.15, -0.1) is 0 Å². The van der Waals surface area contributed by atoms with E-state index >= 15 is 0 Å². The number of nitrogens with one attached hydrogen (secondary N) is 2. The minimum atomic E-state index is -0.276. The van der Waals surface area contributed by atoms with Crippen molar-refractivity contribution in [2.45, 2.75) is 0 Å². The molecular formula is C16H15N3O3. The van der Waals surface area contributed by atoms with Crippen molar-refractivity contribution in [3.63, 3.8) is 0 Å². The molecule has 1 aliphatic heterocycles. The van der Waals surface area contributed by atoms with Gasteiger partial charge in [0.1, 0.15) is 0 Å². The zero-order valence-electron chi connectivity index (χ0n) is 12.0. The van der Waals surface area contributed by atoms with Crippen LogP contribution in [0.4, 0.5) is 5.69 Å². The average Bonchev–Trinajstić information content (AvgIpc) is 3.02. The van der Waals surface area contributed by atoms with Crippen LogP contribution in [0.5, 0.6) is 11.5 Å². The third-order valence-electron chi connectivity index (χ3n) is 3.22. The number of benzene rings is 2. The fourth-order valence-corrected chi connectivity index (χ4v) is 2.12. The van der Waals surface area contributed by atoms with Crippen molar-refractivity contribution in [3.05, 3.63) is 53.6 Å². The van der Waals surface area contributed by atoms with E-state index in [9.17, 15) is 4.79 Å². The van der Waals surface area contributed by atoms with E-state index in [4.69, 9.17) is 9.47 Å². The normalized spacial score (nSPS) is 12.4. The Morgan fingerprint density at radius 2 is 2.00 bits per heavy atom. The number of para-hydroxylation sites is 1. The summed E-state index contributed by atoms with van der Waals surface area (Å²) in [6.07, 6.45) is 1.56. The number of hydrogen-bond donors (Lipinski definition) is 2. The largest absolute Gasteiger partial charge is 0.454 e. The lowest BCUT2D eigenvalue weighted by atomic mass is 10.1. The summed E-state index contributed by atoms with van der Waals surface area (Å²) in [6, 6.07) is 12.7. The SMILES string of the molecule is CNc1ccccc1C(=O)N/N=C/c1ccc2c(c1)OCO2. The van der Waals surface area contributed by atoms with Crippen LogP contribution in [0.1, 0.15) is 15.9 Å². The molecule has 1 aliphatic rings. The smallest absolute Gasteiger partial charge is 0.273 e. The van der Waals surface area contributed by atoms with Crippen LogP contribution >= 0.6 is 0 Å². The molecule has 2 aromatic carbocycles. The van der Waals surface area contributed by atoms with Crippen LogP contribution < -0.4 is 20.2 Å². The number of carbonyl (C=O) groups is 1. The monoisotopic (exact) mass is 297 g/mol. The van der Waals surface area contributed by atoms with Gasteiger partial charge < -0.3 is 14.8 Å². The Hall–Kier alpha value is -3.02. The Balaban J connectivity index is 1.68. The predicted octanol–water partition coefficient (Wildman–Crippen LogP) is 2.22. The Morgan fingerprint density at radius 3 is 2.86 bits per heavy atom. The van der Waals surface area contributed by atoms with E-state index in [-0.39, 0.29) is 12.7 Å². The van der Waals surface area contributed by atoms with Crippen LogP contribution in [0.2, 0.25) is 0 Å². The number of carbonyl (C=O) groups excluding carboxylic acids is 1. The summed E-state index contributed by atoms with van der Waals surface area (Å²) in [7, 11) is 1.77. The summed E-state index contributed by atoms with van der Waals surface area (Å²) in [5.74, 6) is 1.11. The summed E-state index contributed by atoms with van der Waals surface area (Å²) < 4.78 is 10.5. The summed E-state index contributed by atoms with van der Waals surface area (Å²) >= 11 is 0. The lowest BCUT2D eigenvalue weighted by molar-refractivity contribution is 0.0956. The second-order valence-corrected chi connectivity index (χ2v) is 4.61. The van der Waals surface area contributed by atoms with Crippen molar-refractivity contribution in [2.24, 2.45) is 5.10 Å². The fraction of sp³-hybridized carbons (Fsp3) is 0.125. The van der Waals surface area contributed by atoms with Gasteiger partial charge in [-0.25, -0.2) is 5.43 Å². The van der Waals surface area contributed by atoms with Crippen molar-refractivity contribution in [2.75, 3.05) is 19.2 Å². The second-order valence-electron chi connectivity index (χ2n) is 4.61. The van der Waals surface area contributed by atoms with Crippen molar-refractivity contribution in [1.29, 1.82) is 0 Å². The van der Waals surface area contributed by atoms with Gasteiger partial charge in [-0.05, 0) is 35.9 Å². The molecule has 6 nitrogen and oxygen atoms in total. The Morgan fingerprint density at radius 1 is 1.18 bits per heavy atom. The van der Waals surface area contributed by atoms with Gasteiger partial charge in [-0.2, -0.15) is 5.10 Å². The zero-order chi connectivity index (χ0) is 15.4. The summed E-state index contributed by atoms with van der Waals surface area (Å²) in [5.41, 5.74) is 4.60. The van der Waals surface area contributed by atoms with Gasteiger partial charge in [0.25, 0.3) is 5.91 Å². The quantitative estimate of drug-likeness (QED) is 0.670. The third-order valence-corrected chi connectivity index (χ3v) is 3.22. The molecule has 0 bridgehead atoms. The maximum atomic E-state index is 12.1. The molecule has 0 fully saturated rings. The molecule has 0 spiro atoms.